The van der Waals surface area contributed by atoms with Crippen LogP contribution < -0.4 is 5.32 Å². The number of hydrogen-bond acceptors (Lipinski definition) is 4. The van der Waals surface area contributed by atoms with Crippen LogP contribution in [0.4, 0.5) is 0 Å². The lowest BCUT2D eigenvalue weighted by Gasteiger charge is -2.37. The van der Waals surface area contributed by atoms with Crippen molar-refractivity contribution in [2.45, 2.75) is 32.4 Å². The largest absolute Gasteiger partial charge is 0.382 e. The minimum Gasteiger partial charge on any atom is -0.382 e. The highest BCUT2D eigenvalue weighted by Gasteiger charge is 2.21. The van der Waals surface area contributed by atoms with E-state index in [4.69, 9.17) is 9.47 Å². The Balaban J connectivity index is 2.02. The van der Waals surface area contributed by atoms with Crippen molar-refractivity contribution in [3.05, 3.63) is 0 Å². The molecule has 2 unspecified atom stereocenters. The first-order valence-electron chi connectivity index (χ1n) is 6.28. The number of rotatable bonds is 7. The molecule has 0 aromatic heterocycles. The van der Waals surface area contributed by atoms with Crippen molar-refractivity contribution in [3.8, 4) is 0 Å². The smallest absolute Gasteiger partial charge is 0.0700 e. The molecule has 0 amide bonds. The number of nitrogens with zero attached hydrogens (tertiary/aromatic N) is 1. The molecule has 0 radical (unpaired) electrons. The third-order valence-corrected chi connectivity index (χ3v) is 3.06. The maximum Gasteiger partial charge on any atom is 0.0700 e. The van der Waals surface area contributed by atoms with Crippen LogP contribution >= 0.6 is 0 Å². The monoisotopic (exact) mass is 230 g/mol. The Labute approximate surface area is 99.3 Å². The van der Waals surface area contributed by atoms with Gasteiger partial charge in [0.25, 0.3) is 0 Å². The highest BCUT2D eigenvalue weighted by molar-refractivity contribution is 4.80. The van der Waals surface area contributed by atoms with Gasteiger partial charge in [-0.2, -0.15) is 0 Å². The van der Waals surface area contributed by atoms with Crippen LogP contribution in [0.3, 0.4) is 0 Å². The van der Waals surface area contributed by atoms with Gasteiger partial charge in [0.05, 0.1) is 13.2 Å². The molecule has 2 atom stereocenters. The minimum atomic E-state index is 0.616. The Kier molecular flexibility index (Phi) is 6.96. The summed E-state index contributed by atoms with van der Waals surface area (Å²) < 4.78 is 10.4. The Morgan fingerprint density at radius 3 is 2.81 bits per heavy atom. The van der Waals surface area contributed by atoms with Crippen LogP contribution in [0.15, 0.2) is 0 Å². The van der Waals surface area contributed by atoms with Crippen LogP contribution in [-0.4, -0.2) is 63.5 Å². The molecule has 1 heterocycles. The van der Waals surface area contributed by atoms with Gasteiger partial charge in [0.1, 0.15) is 0 Å². The average molecular weight is 230 g/mol. The summed E-state index contributed by atoms with van der Waals surface area (Å²) in [4.78, 5) is 2.54. The zero-order valence-electron chi connectivity index (χ0n) is 10.9. The average Bonchev–Trinajstić information content (AvgIpc) is 2.28. The first-order valence-corrected chi connectivity index (χ1v) is 6.28. The van der Waals surface area contributed by atoms with E-state index in [0.29, 0.717) is 25.3 Å². The highest BCUT2D eigenvalue weighted by atomic mass is 16.5. The van der Waals surface area contributed by atoms with Crippen molar-refractivity contribution in [2.75, 3.05) is 46.6 Å². The topological polar surface area (TPSA) is 33.7 Å². The lowest BCUT2D eigenvalue weighted by atomic mass is 10.1. The molecule has 1 saturated heterocycles. The van der Waals surface area contributed by atoms with Gasteiger partial charge >= 0.3 is 0 Å². The lowest BCUT2D eigenvalue weighted by molar-refractivity contribution is 0.0596. The Morgan fingerprint density at radius 1 is 1.25 bits per heavy atom. The lowest BCUT2D eigenvalue weighted by Crippen LogP contribution is -2.54. The van der Waals surface area contributed by atoms with Crippen LogP contribution in [0.1, 0.15) is 20.3 Å². The molecule has 16 heavy (non-hydrogen) atoms. The molecule has 1 aliphatic rings. The van der Waals surface area contributed by atoms with E-state index in [0.717, 1.165) is 32.7 Å². The predicted octanol–water partition coefficient (Wildman–Crippen LogP) is 0.722. The number of piperazine rings is 1. The van der Waals surface area contributed by atoms with Gasteiger partial charge in [-0.05, 0) is 20.3 Å². The summed E-state index contributed by atoms with van der Waals surface area (Å²) in [6.07, 6.45) is 1.11. The Hall–Kier alpha value is -0.160. The van der Waals surface area contributed by atoms with Crippen LogP contribution in [-0.2, 0) is 9.47 Å². The zero-order chi connectivity index (χ0) is 11.8. The summed E-state index contributed by atoms with van der Waals surface area (Å²) in [6, 6.07) is 1.26. The molecule has 0 saturated carbocycles. The molecule has 1 fully saturated rings. The molecule has 4 nitrogen and oxygen atoms in total. The van der Waals surface area contributed by atoms with E-state index >= 15 is 0 Å². The normalized spacial score (nSPS) is 27.2. The molecular weight excluding hydrogens is 204 g/mol. The quantitative estimate of drug-likeness (QED) is 0.654. The number of nitrogens with one attached hydrogen (secondary N) is 1. The first kappa shape index (κ1) is 13.9. The van der Waals surface area contributed by atoms with Gasteiger partial charge in [0.2, 0.25) is 0 Å². The van der Waals surface area contributed by atoms with Crippen molar-refractivity contribution in [3.63, 3.8) is 0 Å². The molecule has 0 aromatic rings. The van der Waals surface area contributed by atoms with E-state index in [-0.39, 0.29) is 0 Å². The third kappa shape index (κ3) is 5.25. The zero-order valence-corrected chi connectivity index (χ0v) is 10.9. The second-order valence-corrected chi connectivity index (χ2v) is 4.61. The second-order valence-electron chi connectivity index (χ2n) is 4.61. The fourth-order valence-electron chi connectivity index (χ4n) is 2.02. The van der Waals surface area contributed by atoms with E-state index in [2.05, 4.69) is 24.1 Å². The van der Waals surface area contributed by atoms with Crippen molar-refractivity contribution in [1.29, 1.82) is 0 Å². The van der Waals surface area contributed by atoms with Gasteiger partial charge in [0, 0.05) is 45.4 Å². The standard InChI is InChI=1S/C12H26N2O2/c1-11-10-14(12(2)9-13-11)5-4-6-16-8-7-15-3/h11-13H,4-10H2,1-3H3. The van der Waals surface area contributed by atoms with Gasteiger partial charge in [0.15, 0.2) is 0 Å². The molecule has 0 aliphatic carbocycles. The second kappa shape index (κ2) is 8.01. The highest BCUT2D eigenvalue weighted by Crippen LogP contribution is 2.06. The summed E-state index contributed by atoms with van der Waals surface area (Å²) in [5.41, 5.74) is 0. The van der Waals surface area contributed by atoms with Crippen molar-refractivity contribution >= 4 is 0 Å². The van der Waals surface area contributed by atoms with E-state index in [1.54, 1.807) is 7.11 Å². The van der Waals surface area contributed by atoms with Gasteiger partial charge in [-0.15, -0.1) is 0 Å². The van der Waals surface area contributed by atoms with Crippen molar-refractivity contribution in [1.82, 2.24) is 10.2 Å². The van der Waals surface area contributed by atoms with Gasteiger partial charge < -0.3 is 14.8 Å². The molecule has 96 valence electrons. The van der Waals surface area contributed by atoms with Gasteiger partial charge in [-0.3, -0.25) is 4.90 Å². The Morgan fingerprint density at radius 2 is 2.06 bits per heavy atom. The molecule has 0 bridgehead atoms. The minimum absolute atomic E-state index is 0.616. The number of ether oxygens (including phenoxy) is 2. The maximum absolute atomic E-state index is 5.46. The third-order valence-electron chi connectivity index (χ3n) is 3.06. The van der Waals surface area contributed by atoms with Crippen LogP contribution in [0.5, 0.6) is 0 Å². The first-order chi connectivity index (χ1) is 7.74. The molecule has 4 heteroatoms. The number of methoxy groups -OCH3 is 1. The summed E-state index contributed by atoms with van der Waals surface area (Å²) in [6.45, 7) is 10.2. The summed E-state index contributed by atoms with van der Waals surface area (Å²) in [5, 5.41) is 3.49. The van der Waals surface area contributed by atoms with E-state index in [1.807, 2.05) is 0 Å². The summed E-state index contributed by atoms with van der Waals surface area (Å²) in [7, 11) is 1.70. The van der Waals surface area contributed by atoms with Gasteiger partial charge in [-0.25, -0.2) is 0 Å². The van der Waals surface area contributed by atoms with Crippen LogP contribution in [0, 0.1) is 0 Å². The summed E-state index contributed by atoms with van der Waals surface area (Å²) >= 11 is 0. The summed E-state index contributed by atoms with van der Waals surface area (Å²) in [5.74, 6) is 0. The molecule has 1 aliphatic heterocycles. The predicted molar refractivity (Wildman–Crippen MR) is 65.8 cm³/mol. The number of hydrogen-bond donors (Lipinski definition) is 1. The fraction of sp³-hybridized carbons (Fsp3) is 1.00. The van der Waals surface area contributed by atoms with Crippen LogP contribution in [0.25, 0.3) is 0 Å². The SMILES string of the molecule is COCCOCCCN1CC(C)NCC1C. The van der Waals surface area contributed by atoms with E-state index in [9.17, 15) is 0 Å². The van der Waals surface area contributed by atoms with Crippen molar-refractivity contribution < 1.29 is 9.47 Å². The van der Waals surface area contributed by atoms with Gasteiger partial charge in [-0.1, -0.05) is 0 Å². The maximum atomic E-state index is 5.46. The fourth-order valence-corrected chi connectivity index (χ4v) is 2.02. The van der Waals surface area contributed by atoms with Crippen LogP contribution in [0.2, 0.25) is 0 Å². The van der Waals surface area contributed by atoms with E-state index in [1.165, 1.54) is 0 Å². The Bertz CT molecular complexity index is 178. The van der Waals surface area contributed by atoms with E-state index < -0.39 is 0 Å². The molecule has 1 rings (SSSR count). The molecule has 0 aromatic carbocycles. The molecule has 0 spiro atoms. The molecular formula is C12H26N2O2. The molecule has 1 N–H and O–H groups in total. The van der Waals surface area contributed by atoms with Crippen molar-refractivity contribution in [2.24, 2.45) is 0 Å².